The van der Waals surface area contributed by atoms with Crippen molar-refractivity contribution >= 4 is 11.9 Å². The summed E-state index contributed by atoms with van der Waals surface area (Å²) in [5.74, 6) is -1.92. The first-order valence-electron chi connectivity index (χ1n) is 5.03. The summed E-state index contributed by atoms with van der Waals surface area (Å²) in [5, 5.41) is 17.4. The first-order valence-corrected chi connectivity index (χ1v) is 5.03. The molecule has 16 heavy (non-hydrogen) atoms. The van der Waals surface area contributed by atoms with Gasteiger partial charge in [0, 0.05) is 0 Å². The van der Waals surface area contributed by atoms with E-state index in [-0.39, 0.29) is 12.8 Å². The molecule has 0 aromatic heterocycles. The molecule has 94 valence electrons. The fraction of sp³-hybridized carbons (Fsp3) is 0.800. The molecule has 0 fully saturated rings. The number of ether oxygens (including phenoxy) is 1. The average molecular weight is 233 g/mol. The molecule has 4 N–H and O–H groups in total. The van der Waals surface area contributed by atoms with Gasteiger partial charge in [0.1, 0.15) is 11.6 Å². The maximum Gasteiger partial charge on any atom is 0.332 e. The second-order valence-electron chi connectivity index (χ2n) is 4.57. The highest BCUT2D eigenvalue weighted by atomic mass is 16.6. The van der Waals surface area contributed by atoms with Crippen LogP contribution < -0.4 is 5.73 Å². The Labute approximate surface area is 94.4 Å². The van der Waals surface area contributed by atoms with Gasteiger partial charge in [-0.2, -0.15) is 0 Å². The number of aliphatic carboxylic acids is 1. The average Bonchev–Trinajstić information content (AvgIpc) is 2.10. The van der Waals surface area contributed by atoms with Gasteiger partial charge in [0.15, 0.2) is 6.10 Å². The standard InChI is InChI=1S/C10H19NO5/c1-10(2,3)16-9(15)6(11)4-5-7(12)8(13)14/h6-7,12H,4-5,11H2,1-3H3,(H,13,14). The molecule has 0 aliphatic carbocycles. The van der Waals surface area contributed by atoms with Gasteiger partial charge in [-0.05, 0) is 33.6 Å². The van der Waals surface area contributed by atoms with Crippen LogP contribution in [0.4, 0.5) is 0 Å². The smallest absolute Gasteiger partial charge is 0.332 e. The normalized spacial score (nSPS) is 15.3. The minimum absolute atomic E-state index is 0.0718. The molecule has 0 aromatic carbocycles. The van der Waals surface area contributed by atoms with Crippen LogP contribution >= 0.6 is 0 Å². The molecule has 0 saturated heterocycles. The van der Waals surface area contributed by atoms with E-state index in [9.17, 15) is 9.59 Å². The minimum atomic E-state index is -1.49. The summed E-state index contributed by atoms with van der Waals surface area (Å²) in [6.45, 7) is 5.14. The number of rotatable bonds is 5. The predicted molar refractivity (Wildman–Crippen MR) is 56.7 cm³/mol. The number of carboxylic acids is 1. The predicted octanol–water partition coefficient (Wildman–Crippen LogP) is -0.119. The van der Waals surface area contributed by atoms with Crippen LogP contribution in [0.2, 0.25) is 0 Å². The molecule has 2 atom stereocenters. The van der Waals surface area contributed by atoms with E-state index >= 15 is 0 Å². The van der Waals surface area contributed by atoms with E-state index in [1.807, 2.05) is 0 Å². The summed E-state index contributed by atoms with van der Waals surface area (Å²) in [6, 6.07) is -0.909. The summed E-state index contributed by atoms with van der Waals surface area (Å²) in [4.78, 5) is 21.7. The molecule has 0 aliphatic heterocycles. The zero-order valence-corrected chi connectivity index (χ0v) is 9.77. The molecule has 2 unspecified atom stereocenters. The van der Waals surface area contributed by atoms with Crippen molar-refractivity contribution in [1.82, 2.24) is 0 Å². The Hall–Kier alpha value is -1.14. The van der Waals surface area contributed by atoms with Gasteiger partial charge in [-0.3, -0.25) is 4.79 Å². The van der Waals surface area contributed by atoms with Crippen LogP contribution in [0.3, 0.4) is 0 Å². The van der Waals surface area contributed by atoms with Crippen molar-refractivity contribution < 1.29 is 24.5 Å². The van der Waals surface area contributed by atoms with E-state index in [2.05, 4.69) is 0 Å². The molecular weight excluding hydrogens is 214 g/mol. The van der Waals surface area contributed by atoms with Crippen molar-refractivity contribution in [3.05, 3.63) is 0 Å². The molecule has 0 aliphatic rings. The maximum atomic E-state index is 11.4. The zero-order chi connectivity index (χ0) is 12.9. The van der Waals surface area contributed by atoms with E-state index in [0.717, 1.165) is 0 Å². The van der Waals surface area contributed by atoms with Crippen LogP contribution in [0.25, 0.3) is 0 Å². The van der Waals surface area contributed by atoms with Crippen LogP contribution in [-0.4, -0.2) is 39.9 Å². The van der Waals surface area contributed by atoms with Crippen LogP contribution in [0.5, 0.6) is 0 Å². The van der Waals surface area contributed by atoms with Gasteiger partial charge in [-0.1, -0.05) is 0 Å². The Bertz CT molecular complexity index is 258. The number of carboxylic acid groups (broad SMARTS) is 1. The largest absolute Gasteiger partial charge is 0.479 e. The van der Waals surface area contributed by atoms with Crippen LogP contribution in [-0.2, 0) is 14.3 Å². The number of carbonyl (C=O) groups excluding carboxylic acids is 1. The summed E-state index contributed by atoms with van der Waals surface area (Å²) < 4.78 is 5.00. The Morgan fingerprint density at radius 2 is 1.81 bits per heavy atom. The van der Waals surface area contributed by atoms with Crippen molar-refractivity contribution in [2.24, 2.45) is 5.73 Å². The van der Waals surface area contributed by atoms with E-state index in [1.165, 1.54) is 0 Å². The second-order valence-corrected chi connectivity index (χ2v) is 4.57. The molecule has 0 saturated carbocycles. The first-order chi connectivity index (χ1) is 7.13. The number of esters is 1. The molecule has 6 nitrogen and oxygen atoms in total. The van der Waals surface area contributed by atoms with Gasteiger partial charge in [-0.15, -0.1) is 0 Å². The molecular formula is C10H19NO5. The van der Waals surface area contributed by atoms with Crippen molar-refractivity contribution in [3.63, 3.8) is 0 Å². The van der Waals surface area contributed by atoms with Crippen molar-refractivity contribution in [1.29, 1.82) is 0 Å². The number of aliphatic hydroxyl groups excluding tert-OH is 1. The van der Waals surface area contributed by atoms with E-state index in [0.29, 0.717) is 0 Å². The SMILES string of the molecule is CC(C)(C)OC(=O)C(N)CCC(O)C(=O)O. The molecule has 0 amide bonds. The lowest BCUT2D eigenvalue weighted by Crippen LogP contribution is -2.38. The maximum absolute atomic E-state index is 11.4. The van der Waals surface area contributed by atoms with Gasteiger partial charge < -0.3 is 20.7 Å². The molecule has 6 heteroatoms. The minimum Gasteiger partial charge on any atom is -0.479 e. The quantitative estimate of drug-likeness (QED) is 0.571. The van der Waals surface area contributed by atoms with Gasteiger partial charge >= 0.3 is 11.9 Å². The van der Waals surface area contributed by atoms with Gasteiger partial charge in [0.05, 0.1) is 0 Å². The van der Waals surface area contributed by atoms with Crippen molar-refractivity contribution in [2.45, 2.75) is 51.4 Å². The summed E-state index contributed by atoms with van der Waals surface area (Å²) in [5.41, 5.74) is 4.87. The lowest BCUT2D eigenvalue weighted by molar-refractivity contribution is -0.157. The monoisotopic (exact) mass is 233 g/mol. The van der Waals surface area contributed by atoms with Gasteiger partial charge in [0.2, 0.25) is 0 Å². The summed E-state index contributed by atoms with van der Waals surface area (Å²) in [7, 11) is 0. The van der Waals surface area contributed by atoms with Crippen LogP contribution in [0.15, 0.2) is 0 Å². The zero-order valence-electron chi connectivity index (χ0n) is 9.77. The lowest BCUT2D eigenvalue weighted by Gasteiger charge is -2.22. The summed E-state index contributed by atoms with van der Waals surface area (Å²) in [6.07, 6.45) is -1.49. The Morgan fingerprint density at radius 1 is 1.31 bits per heavy atom. The van der Waals surface area contributed by atoms with Crippen LogP contribution in [0, 0.1) is 0 Å². The number of hydrogen-bond donors (Lipinski definition) is 3. The fourth-order valence-corrected chi connectivity index (χ4v) is 0.956. The number of carbonyl (C=O) groups is 2. The highest BCUT2D eigenvalue weighted by Crippen LogP contribution is 2.10. The van der Waals surface area contributed by atoms with E-state index in [1.54, 1.807) is 20.8 Å². The Kier molecular flexibility index (Phi) is 5.40. The van der Waals surface area contributed by atoms with Crippen LogP contribution in [0.1, 0.15) is 33.6 Å². The third-order valence-corrected chi connectivity index (χ3v) is 1.75. The molecule has 0 radical (unpaired) electrons. The first kappa shape index (κ1) is 14.9. The third-order valence-electron chi connectivity index (χ3n) is 1.75. The summed E-state index contributed by atoms with van der Waals surface area (Å²) >= 11 is 0. The Morgan fingerprint density at radius 3 is 2.19 bits per heavy atom. The van der Waals surface area contributed by atoms with Gasteiger partial charge in [-0.25, -0.2) is 4.79 Å². The third kappa shape index (κ3) is 6.36. The number of hydrogen-bond acceptors (Lipinski definition) is 5. The molecule has 0 aromatic rings. The molecule has 0 heterocycles. The Balaban J connectivity index is 4.02. The molecule has 0 bridgehead atoms. The van der Waals surface area contributed by atoms with Gasteiger partial charge in [0.25, 0.3) is 0 Å². The number of aliphatic hydroxyl groups is 1. The van der Waals surface area contributed by atoms with E-state index < -0.39 is 29.7 Å². The van der Waals surface area contributed by atoms with E-state index in [4.69, 9.17) is 20.7 Å². The fourth-order valence-electron chi connectivity index (χ4n) is 0.956. The van der Waals surface area contributed by atoms with Crippen molar-refractivity contribution in [2.75, 3.05) is 0 Å². The molecule has 0 rings (SSSR count). The number of nitrogens with two attached hydrogens (primary N) is 1. The molecule has 0 spiro atoms. The van der Waals surface area contributed by atoms with Crippen molar-refractivity contribution in [3.8, 4) is 0 Å². The topological polar surface area (TPSA) is 110 Å². The highest BCUT2D eigenvalue weighted by molar-refractivity contribution is 5.76. The second kappa shape index (κ2) is 5.81. The lowest BCUT2D eigenvalue weighted by atomic mass is 10.1. The highest BCUT2D eigenvalue weighted by Gasteiger charge is 2.23.